The molecule has 0 bridgehead atoms. The molecule has 0 heterocycles. The molecule has 0 heteroatoms. The second kappa shape index (κ2) is 6.52. The van der Waals surface area contributed by atoms with Gasteiger partial charge in [-0.05, 0) is 49.4 Å². The monoisotopic (exact) mass is 216 g/mol. The fourth-order valence-electron chi connectivity index (χ4n) is 2.71. The lowest BCUT2D eigenvalue weighted by atomic mass is 9.75. The van der Waals surface area contributed by atoms with Crippen molar-refractivity contribution >= 4 is 0 Å². The van der Waals surface area contributed by atoms with Crippen LogP contribution in [0.2, 0.25) is 0 Å². The van der Waals surface area contributed by atoms with Crippen molar-refractivity contribution in [3.63, 3.8) is 0 Å². The van der Waals surface area contributed by atoms with Gasteiger partial charge in [-0.15, -0.1) is 26.3 Å². The van der Waals surface area contributed by atoms with Crippen molar-refractivity contribution in [3.8, 4) is 0 Å². The maximum Gasteiger partial charge on any atom is -0.0225 e. The second-order valence-corrected chi connectivity index (χ2v) is 4.93. The SMILES string of the molecule is C=CC1CC(C=C)CC(C=C)CC(C=C)C1. The molecule has 1 aliphatic carbocycles. The first kappa shape index (κ1) is 13.0. The van der Waals surface area contributed by atoms with E-state index in [1.807, 2.05) is 0 Å². The zero-order valence-electron chi connectivity index (χ0n) is 10.3. The molecule has 0 saturated heterocycles. The average Bonchev–Trinajstić information content (AvgIpc) is 2.29. The van der Waals surface area contributed by atoms with Gasteiger partial charge in [0.1, 0.15) is 0 Å². The van der Waals surface area contributed by atoms with Crippen LogP contribution in [0.25, 0.3) is 0 Å². The Hall–Kier alpha value is -1.04. The highest BCUT2D eigenvalue weighted by atomic mass is 14.3. The van der Waals surface area contributed by atoms with E-state index in [1.54, 1.807) is 0 Å². The summed E-state index contributed by atoms with van der Waals surface area (Å²) in [6.45, 7) is 15.8. The first-order chi connectivity index (χ1) is 7.73. The fourth-order valence-corrected chi connectivity index (χ4v) is 2.71. The smallest absolute Gasteiger partial charge is 0.0225 e. The second-order valence-electron chi connectivity index (χ2n) is 4.93. The van der Waals surface area contributed by atoms with Crippen LogP contribution in [0.3, 0.4) is 0 Å². The molecule has 0 radical (unpaired) electrons. The quantitative estimate of drug-likeness (QED) is 0.594. The first-order valence-electron chi connectivity index (χ1n) is 6.23. The first-order valence-corrected chi connectivity index (χ1v) is 6.23. The number of hydrogen-bond donors (Lipinski definition) is 0. The Labute approximate surface area is 100 Å². The molecule has 0 aromatic rings. The molecule has 0 N–H and O–H groups in total. The van der Waals surface area contributed by atoms with Crippen molar-refractivity contribution in [1.82, 2.24) is 0 Å². The number of rotatable bonds is 4. The van der Waals surface area contributed by atoms with Crippen LogP contribution < -0.4 is 0 Å². The third-order valence-electron chi connectivity index (χ3n) is 3.76. The highest BCUT2D eigenvalue weighted by molar-refractivity contribution is 4.98. The summed E-state index contributed by atoms with van der Waals surface area (Å²) in [5.41, 5.74) is 0. The summed E-state index contributed by atoms with van der Waals surface area (Å²) in [5.74, 6) is 2.43. The Morgan fingerprint density at radius 3 is 0.812 bits per heavy atom. The van der Waals surface area contributed by atoms with E-state index < -0.39 is 0 Å². The molecule has 1 saturated carbocycles. The highest BCUT2D eigenvalue weighted by Gasteiger charge is 2.23. The summed E-state index contributed by atoms with van der Waals surface area (Å²) in [5, 5.41) is 0. The van der Waals surface area contributed by atoms with Gasteiger partial charge in [0.25, 0.3) is 0 Å². The summed E-state index contributed by atoms with van der Waals surface area (Å²) in [6.07, 6.45) is 13.1. The van der Waals surface area contributed by atoms with Crippen molar-refractivity contribution in [2.45, 2.75) is 25.7 Å². The third-order valence-corrected chi connectivity index (χ3v) is 3.76. The summed E-state index contributed by atoms with van der Waals surface area (Å²) < 4.78 is 0. The van der Waals surface area contributed by atoms with Gasteiger partial charge in [-0.2, -0.15) is 0 Å². The number of allylic oxidation sites excluding steroid dienone is 4. The molecule has 1 fully saturated rings. The van der Waals surface area contributed by atoms with E-state index in [2.05, 4.69) is 50.6 Å². The van der Waals surface area contributed by atoms with Gasteiger partial charge in [0.15, 0.2) is 0 Å². The van der Waals surface area contributed by atoms with Crippen LogP contribution in [-0.4, -0.2) is 0 Å². The predicted molar refractivity (Wildman–Crippen MR) is 73.2 cm³/mol. The Balaban J connectivity index is 2.75. The summed E-state index contributed by atoms with van der Waals surface area (Å²) >= 11 is 0. The van der Waals surface area contributed by atoms with E-state index in [-0.39, 0.29) is 0 Å². The summed E-state index contributed by atoms with van der Waals surface area (Å²) in [7, 11) is 0. The van der Waals surface area contributed by atoms with Gasteiger partial charge in [-0.3, -0.25) is 0 Å². The zero-order chi connectivity index (χ0) is 12.0. The van der Waals surface area contributed by atoms with Crippen LogP contribution in [0.15, 0.2) is 50.6 Å². The molecular weight excluding hydrogens is 192 g/mol. The Morgan fingerprint density at radius 2 is 0.688 bits per heavy atom. The van der Waals surface area contributed by atoms with Crippen molar-refractivity contribution in [1.29, 1.82) is 0 Å². The molecule has 0 aromatic heterocycles. The van der Waals surface area contributed by atoms with Gasteiger partial charge in [0.05, 0.1) is 0 Å². The molecule has 1 rings (SSSR count). The van der Waals surface area contributed by atoms with E-state index >= 15 is 0 Å². The molecule has 0 amide bonds. The van der Waals surface area contributed by atoms with Crippen LogP contribution in [0.5, 0.6) is 0 Å². The lowest BCUT2D eigenvalue weighted by Gasteiger charge is -2.30. The molecule has 0 unspecified atom stereocenters. The van der Waals surface area contributed by atoms with Crippen LogP contribution in [0.1, 0.15) is 25.7 Å². The summed E-state index contributed by atoms with van der Waals surface area (Å²) in [4.78, 5) is 0. The van der Waals surface area contributed by atoms with Crippen molar-refractivity contribution in [3.05, 3.63) is 50.6 Å². The van der Waals surface area contributed by atoms with Gasteiger partial charge in [0, 0.05) is 0 Å². The van der Waals surface area contributed by atoms with Crippen LogP contribution in [0, 0.1) is 23.7 Å². The molecule has 0 aromatic carbocycles. The van der Waals surface area contributed by atoms with E-state index in [0.717, 1.165) is 0 Å². The van der Waals surface area contributed by atoms with Crippen molar-refractivity contribution < 1.29 is 0 Å². The topological polar surface area (TPSA) is 0 Å². The van der Waals surface area contributed by atoms with Crippen molar-refractivity contribution in [2.75, 3.05) is 0 Å². The van der Waals surface area contributed by atoms with E-state index in [4.69, 9.17) is 0 Å². The summed E-state index contributed by atoms with van der Waals surface area (Å²) in [6, 6.07) is 0. The Kier molecular flexibility index (Phi) is 5.31. The van der Waals surface area contributed by atoms with Gasteiger partial charge in [0.2, 0.25) is 0 Å². The Bertz CT molecular complexity index is 197. The van der Waals surface area contributed by atoms with Gasteiger partial charge < -0.3 is 0 Å². The van der Waals surface area contributed by atoms with E-state index in [9.17, 15) is 0 Å². The highest BCUT2D eigenvalue weighted by Crippen LogP contribution is 2.35. The third kappa shape index (κ3) is 3.52. The maximum absolute atomic E-state index is 3.94. The molecule has 88 valence electrons. The molecule has 0 aliphatic heterocycles. The number of hydrogen-bond acceptors (Lipinski definition) is 0. The van der Waals surface area contributed by atoms with Gasteiger partial charge >= 0.3 is 0 Å². The van der Waals surface area contributed by atoms with E-state index in [1.165, 1.54) is 25.7 Å². The van der Waals surface area contributed by atoms with E-state index in [0.29, 0.717) is 23.7 Å². The fraction of sp³-hybridized carbons (Fsp3) is 0.500. The Morgan fingerprint density at radius 1 is 0.500 bits per heavy atom. The average molecular weight is 216 g/mol. The maximum atomic E-state index is 3.94. The minimum atomic E-state index is 0.608. The standard InChI is InChI=1S/C16H24/c1-5-13-9-14(6-2)11-16(8-4)12-15(7-3)10-13/h5-8,13-16H,1-4,9-12H2. The van der Waals surface area contributed by atoms with Crippen molar-refractivity contribution in [2.24, 2.45) is 23.7 Å². The lowest BCUT2D eigenvalue weighted by Crippen LogP contribution is -2.19. The molecule has 0 nitrogen and oxygen atoms in total. The van der Waals surface area contributed by atoms with Crippen LogP contribution >= 0.6 is 0 Å². The lowest BCUT2D eigenvalue weighted by molar-refractivity contribution is 0.296. The minimum Gasteiger partial charge on any atom is -0.103 e. The zero-order valence-corrected chi connectivity index (χ0v) is 10.3. The molecule has 0 atom stereocenters. The molecule has 0 spiro atoms. The predicted octanol–water partition coefficient (Wildman–Crippen LogP) is 4.77. The largest absolute Gasteiger partial charge is 0.103 e. The van der Waals surface area contributed by atoms with Gasteiger partial charge in [-0.1, -0.05) is 24.3 Å². The van der Waals surface area contributed by atoms with Crippen LogP contribution in [-0.2, 0) is 0 Å². The molecule has 1 aliphatic rings. The van der Waals surface area contributed by atoms with Crippen LogP contribution in [0.4, 0.5) is 0 Å². The normalized spacial score (nSPS) is 35.5. The van der Waals surface area contributed by atoms with Gasteiger partial charge in [-0.25, -0.2) is 0 Å². The minimum absolute atomic E-state index is 0.608. The molecule has 16 heavy (non-hydrogen) atoms. The molecular formula is C16H24.